The van der Waals surface area contributed by atoms with Gasteiger partial charge in [-0.3, -0.25) is 4.79 Å². The second kappa shape index (κ2) is 5.87. The molecule has 0 saturated carbocycles. The zero-order valence-electron chi connectivity index (χ0n) is 10.3. The molecule has 0 unspecified atom stereocenters. The molecule has 0 saturated heterocycles. The standard InChI is InChI=1S/C16H14O3/c17-15-10-8-14(9-11-15)13-6-4-12(5-7-13)2-1-3-16(18)19/h1-2,4-11,17H,3H2,(H,18,19). The molecule has 0 aliphatic carbocycles. The van der Waals surface area contributed by atoms with Gasteiger partial charge in [-0.05, 0) is 28.8 Å². The number of rotatable bonds is 4. The van der Waals surface area contributed by atoms with E-state index in [0.29, 0.717) is 0 Å². The molecule has 3 heteroatoms. The van der Waals surface area contributed by atoms with Gasteiger partial charge in [0.2, 0.25) is 0 Å². The van der Waals surface area contributed by atoms with E-state index >= 15 is 0 Å². The Hall–Kier alpha value is -2.55. The van der Waals surface area contributed by atoms with Gasteiger partial charge >= 0.3 is 5.97 Å². The summed E-state index contributed by atoms with van der Waals surface area (Å²) < 4.78 is 0. The van der Waals surface area contributed by atoms with Crippen LogP contribution >= 0.6 is 0 Å². The number of hydrogen-bond donors (Lipinski definition) is 2. The van der Waals surface area contributed by atoms with Gasteiger partial charge in [0.25, 0.3) is 0 Å². The summed E-state index contributed by atoms with van der Waals surface area (Å²) in [4.78, 5) is 10.4. The largest absolute Gasteiger partial charge is 0.508 e. The monoisotopic (exact) mass is 254 g/mol. The minimum Gasteiger partial charge on any atom is -0.508 e. The average Bonchev–Trinajstić information content (AvgIpc) is 2.40. The van der Waals surface area contributed by atoms with Gasteiger partial charge in [0.1, 0.15) is 5.75 Å². The maximum absolute atomic E-state index is 10.4. The molecular weight excluding hydrogens is 240 g/mol. The number of hydrogen-bond acceptors (Lipinski definition) is 2. The summed E-state index contributed by atoms with van der Waals surface area (Å²) in [6.45, 7) is 0. The van der Waals surface area contributed by atoms with Crippen molar-refractivity contribution in [2.45, 2.75) is 6.42 Å². The third kappa shape index (κ3) is 3.71. The van der Waals surface area contributed by atoms with Gasteiger partial charge in [-0.1, -0.05) is 48.6 Å². The first-order valence-electron chi connectivity index (χ1n) is 5.93. The Balaban J connectivity index is 2.12. The Labute approximate surface area is 111 Å². The van der Waals surface area contributed by atoms with Crippen molar-refractivity contribution in [3.8, 4) is 16.9 Å². The van der Waals surface area contributed by atoms with Crippen molar-refractivity contribution in [3.63, 3.8) is 0 Å². The van der Waals surface area contributed by atoms with Gasteiger partial charge in [0.15, 0.2) is 0 Å². The molecule has 19 heavy (non-hydrogen) atoms. The molecule has 2 aromatic rings. The molecular formula is C16H14O3. The SMILES string of the molecule is O=C(O)CC=Cc1ccc(-c2ccc(O)cc2)cc1. The highest BCUT2D eigenvalue weighted by molar-refractivity contribution is 5.71. The van der Waals surface area contributed by atoms with E-state index in [0.717, 1.165) is 16.7 Å². The molecule has 2 aromatic carbocycles. The summed E-state index contributed by atoms with van der Waals surface area (Å²) >= 11 is 0. The Bertz CT molecular complexity index is 580. The van der Waals surface area contributed by atoms with E-state index in [-0.39, 0.29) is 12.2 Å². The number of phenols is 1. The summed E-state index contributed by atoms with van der Waals surface area (Å²) in [7, 11) is 0. The molecule has 0 aliphatic rings. The van der Waals surface area contributed by atoms with Gasteiger partial charge in [0, 0.05) is 0 Å². The lowest BCUT2D eigenvalue weighted by atomic mass is 10.0. The predicted octanol–water partition coefficient (Wildman–Crippen LogP) is 3.55. The van der Waals surface area contributed by atoms with Crippen LogP contribution in [0.2, 0.25) is 0 Å². The van der Waals surface area contributed by atoms with Crippen LogP contribution in [-0.2, 0) is 4.79 Å². The minimum absolute atomic E-state index is 0.0275. The Kier molecular flexibility index (Phi) is 3.98. The molecule has 0 radical (unpaired) electrons. The molecule has 0 aromatic heterocycles. The smallest absolute Gasteiger partial charge is 0.307 e. The molecule has 0 heterocycles. The number of carboxylic acids is 1. The number of carbonyl (C=O) groups is 1. The summed E-state index contributed by atoms with van der Waals surface area (Å²) in [5.74, 6) is -0.589. The number of phenolic OH excluding ortho intramolecular Hbond substituents is 1. The van der Waals surface area contributed by atoms with Gasteiger partial charge in [0.05, 0.1) is 6.42 Å². The Morgan fingerprint density at radius 1 is 0.947 bits per heavy atom. The lowest BCUT2D eigenvalue weighted by Gasteiger charge is -2.02. The first-order chi connectivity index (χ1) is 9.15. The maximum atomic E-state index is 10.4. The van der Waals surface area contributed by atoms with E-state index in [1.165, 1.54) is 0 Å². The van der Waals surface area contributed by atoms with Gasteiger partial charge in [-0.25, -0.2) is 0 Å². The molecule has 0 atom stereocenters. The van der Waals surface area contributed by atoms with Crippen LogP contribution < -0.4 is 0 Å². The van der Waals surface area contributed by atoms with Crippen molar-refractivity contribution in [3.05, 3.63) is 60.2 Å². The number of benzene rings is 2. The van der Waals surface area contributed by atoms with E-state index in [9.17, 15) is 9.90 Å². The zero-order valence-corrected chi connectivity index (χ0v) is 10.3. The normalized spacial score (nSPS) is 10.7. The summed E-state index contributed by atoms with van der Waals surface area (Å²) in [5, 5.41) is 17.8. The van der Waals surface area contributed by atoms with Crippen molar-refractivity contribution in [1.82, 2.24) is 0 Å². The van der Waals surface area contributed by atoms with Crippen LogP contribution in [0.15, 0.2) is 54.6 Å². The van der Waals surface area contributed by atoms with Gasteiger partial charge in [-0.15, -0.1) is 0 Å². The van der Waals surface area contributed by atoms with E-state index in [1.54, 1.807) is 24.3 Å². The highest BCUT2D eigenvalue weighted by Gasteiger charge is 1.97. The van der Waals surface area contributed by atoms with Crippen LogP contribution in [0.25, 0.3) is 17.2 Å². The quantitative estimate of drug-likeness (QED) is 0.877. The predicted molar refractivity (Wildman–Crippen MR) is 74.8 cm³/mol. The first kappa shape index (κ1) is 12.9. The molecule has 0 fully saturated rings. The first-order valence-corrected chi connectivity index (χ1v) is 5.93. The second-order valence-corrected chi connectivity index (χ2v) is 4.17. The van der Waals surface area contributed by atoms with Crippen molar-refractivity contribution in [2.75, 3.05) is 0 Å². The van der Waals surface area contributed by atoms with Crippen LogP contribution in [0.5, 0.6) is 5.75 Å². The fraction of sp³-hybridized carbons (Fsp3) is 0.0625. The molecule has 0 bridgehead atoms. The van der Waals surface area contributed by atoms with Crippen LogP contribution in [0.1, 0.15) is 12.0 Å². The van der Waals surface area contributed by atoms with Crippen LogP contribution in [-0.4, -0.2) is 16.2 Å². The number of carboxylic acid groups (broad SMARTS) is 1. The van der Waals surface area contributed by atoms with E-state index < -0.39 is 5.97 Å². The minimum atomic E-state index is -0.836. The highest BCUT2D eigenvalue weighted by atomic mass is 16.4. The zero-order chi connectivity index (χ0) is 13.7. The Morgan fingerprint density at radius 2 is 1.47 bits per heavy atom. The van der Waals surface area contributed by atoms with Crippen LogP contribution in [0.3, 0.4) is 0 Å². The van der Waals surface area contributed by atoms with Crippen molar-refractivity contribution >= 4 is 12.0 Å². The third-order valence-corrected chi connectivity index (χ3v) is 2.71. The van der Waals surface area contributed by atoms with E-state index in [4.69, 9.17) is 5.11 Å². The second-order valence-electron chi connectivity index (χ2n) is 4.17. The number of aromatic hydroxyl groups is 1. The van der Waals surface area contributed by atoms with E-state index in [2.05, 4.69) is 0 Å². The fourth-order valence-electron chi connectivity index (χ4n) is 1.74. The van der Waals surface area contributed by atoms with E-state index in [1.807, 2.05) is 36.4 Å². The molecule has 96 valence electrons. The molecule has 2 rings (SSSR count). The topological polar surface area (TPSA) is 57.5 Å². The molecule has 0 amide bonds. The average molecular weight is 254 g/mol. The van der Waals surface area contributed by atoms with Crippen molar-refractivity contribution < 1.29 is 15.0 Å². The molecule has 3 nitrogen and oxygen atoms in total. The van der Waals surface area contributed by atoms with Crippen molar-refractivity contribution in [2.24, 2.45) is 0 Å². The van der Waals surface area contributed by atoms with Crippen LogP contribution in [0, 0.1) is 0 Å². The highest BCUT2D eigenvalue weighted by Crippen LogP contribution is 2.22. The number of aliphatic carboxylic acids is 1. The third-order valence-electron chi connectivity index (χ3n) is 2.71. The molecule has 0 spiro atoms. The fourth-order valence-corrected chi connectivity index (χ4v) is 1.74. The van der Waals surface area contributed by atoms with Crippen LogP contribution in [0.4, 0.5) is 0 Å². The molecule has 0 aliphatic heterocycles. The van der Waals surface area contributed by atoms with Crippen molar-refractivity contribution in [1.29, 1.82) is 0 Å². The Morgan fingerprint density at radius 3 is 2.00 bits per heavy atom. The van der Waals surface area contributed by atoms with Gasteiger partial charge in [-0.2, -0.15) is 0 Å². The summed E-state index contributed by atoms with van der Waals surface area (Å²) in [5.41, 5.74) is 3.04. The lowest BCUT2D eigenvalue weighted by Crippen LogP contribution is -1.89. The van der Waals surface area contributed by atoms with Gasteiger partial charge < -0.3 is 10.2 Å². The summed E-state index contributed by atoms with van der Waals surface area (Å²) in [6.07, 6.45) is 3.44. The lowest BCUT2D eigenvalue weighted by molar-refractivity contribution is -0.135. The molecule has 2 N–H and O–H groups in total. The maximum Gasteiger partial charge on any atom is 0.307 e. The summed E-state index contributed by atoms with van der Waals surface area (Å²) in [6, 6.07) is 14.8.